The third kappa shape index (κ3) is 3.09. The summed E-state index contributed by atoms with van der Waals surface area (Å²) in [7, 11) is 0. The minimum Gasteiger partial charge on any atom is -0.295 e. The highest BCUT2D eigenvalue weighted by atomic mass is 79.9. The van der Waals surface area contributed by atoms with Crippen molar-refractivity contribution in [3.8, 4) is 0 Å². The first-order valence-corrected chi connectivity index (χ1v) is 7.77. The standard InChI is InChI=1S/C13H16Br2FN/c1-9-4-5-17(13(9)7-14)8-10-6-11(15)2-3-12(10)16/h2-3,6,9,13H,4-5,7-8H2,1H3. The molecule has 94 valence electrons. The fraction of sp³-hybridized carbons (Fsp3) is 0.538. The van der Waals surface area contributed by atoms with Gasteiger partial charge >= 0.3 is 0 Å². The molecule has 2 rings (SSSR count). The predicted molar refractivity (Wildman–Crippen MR) is 75.9 cm³/mol. The maximum absolute atomic E-state index is 13.7. The van der Waals surface area contributed by atoms with Gasteiger partial charge in [-0.25, -0.2) is 4.39 Å². The molecule has 0 aromatic heterocycles. The highest BCUT2D eigenvalue weighted by molar-refractivity contribution is 9.10. The van der Waals surface area contributed by atoms with E-state index in [9.17, 15) is 4.39 Å². The molecule has 0 N–H and O–H groups in total. The van der Waals surface area contributed by atoms with Crippen molar-refractivity contribution in [1.82, 2.24) is 4.90 Å². The van der Waals surface area contributed by atoms with Crippen LogP contribution in [0.4, 0.5) is 4.39 Å². The van der Waals surface area contributed by atoms with E-state index in [0.29, 0.717) is 18.5 Å². The smallest absolute Gasteiger partial charge is 0.127 e. The molecule has 2 atom stereocenters. The molecule has 17 heavy (non-hydrogen) atoms. The van der Waals surface area contributed by atoms with Crippen molar-refractivity contribution < 1.29 is 4.39 Å². The van der Waals surface area contributed by atoms with Crippen molar-refractivity contribution in [3.63, 3.8) is 0 Å². The molecule has 0 aliphatic carbocycles. The van der Waals surface area contributed by atoms with E-state index < -0.39 is 0 Å². The Morgan fingerprint density at radius 2 is 2.24 bits per heavy atom. The molecular weight excluding hydrogens is 349 g/mol. The third-order valence-corrected chi connectivity index (χ3v) is 4.69. The van der Waals surface area contributed by atoms with E-state index >= 15 is 0 Å². The zero-order chi connectivity index (χ0) is 12.4. The van der Waals surface area contributed by atoms with Crippen LogP contribution in [0.25, 0.3) is 0 Å². The second kappa shape index (κ2) is 5.81. The van der Waals surface area contributed by atoms with Gasteiger partial charge in [0.1, 0.15) is 5.82 Å². The summed E-state index contributed by atoms with van der Waals surface area (Å²) in [5.41, 5.74) is 0.777. The van der Waals surface area contributed by atoms with Gasteiger partial charge in [0.2, 0.25) is 0 Å². The summed E-state index contributed by atoms with van der Waals surface area (Å²) in [6.07, 6.45) is 1.20. The van der Waals surface area contributed by atoms with E-state index in [1.807, 2.05) is 6.07 Å². The van der Waals surface area contributed by atoms with Crippen LogP contribution in [0.3, 0.4) is 0 Å². The largest absolute Gasteiger partial charge is 0.295 e. The average molecular weight is 365 g/mol. The van der Waals surface area contributed by atoms with Gasteiger partial charge in [-0.1, -0.05) is 38.8 Å². The number of halogens is 3. The zero-order valence-electron chi connectivity index (χ0n) is 9.80. The molecule has 0 amide bonds. The number of alkyl halides is 1. The summed E-state index contributed by atoms with van der Waals surface area (Å²) < 4.78 is 14.6. The predicted octanol–water partition coefficient (Wildman–Crippen LogP) is 4.19. The topological polar surface area (TPSA) is 3.24 Å². The second-order valence-electron chi connectivity index (χ2n) is 4.69. The lowest BCUT2D eigenvalue weighted by atomic mass is 10.0. The quantitative estimate of drug-likeness (QED) is 0.726. The number of likely N-dealkylation sites (tertiary alicyclic amines) is 1. The van der Waals surface area contributed by atoms with Crippen LogP contribution in [0.2, 0.25) is 0 Å². The van der Waals surface area contributed by atoms with Crippen LogP contribution < -0.4 is 0 Å². The molecule has 1 aliphatic rings. The zero-order valence-corrected chi connectivity index (χ0v) is 13.0. The normalized spacial score (nSPS) is 25.4. The monoisotopic (exact) mass is 363 g/mol. The minimum absolute atomic E-state index is 0.110. The Kier molecular flexibility index (Phi) is 4.61. The fourth-order valence-electron chi connectivity index (χ4n) is 2.42. The van der Waals surface area contributed by atoms with E-state index in [0.717, 1.165) is 21.9 Å². The summed E-state index contributed by atoms with van der Waals surface area (Å²) in [6.45, 7) is 4.03. The Morgan fingerprint density at radius 3 is 2.94 bits per heavy atom. The molecule has 1 nitrogen and oxygen atoms in total. The van der Waals surface area contributed by atoms with Crippen LogP contribution in [0, 0.1) is 11.7 Å². The molecule has 0 bridgehead atoms. The van der Waals surface area contributed by atoms with Gasteiger partial charge in [-0.15, -0.1) is 0 Å². The summed E-state index contributed by atoms with van der Waals surface area (Å²) in [5, 5.41) is 0.962. The first-order valence-electron chi connectivity index (χ1n) is 5.85. The van der Waals surface area contributed by atoms with E-state index in [2.05, 4.69) is 43.7 Å². The average Bonchev–Trinajstić information content (AvgIpc) is 2.64. The van der Waals surface area contributed by atoms with Crippen LogP contribution >= 0.6 is 31.9 Å². The molecule has 0 radical (unpaired) electrons. The second-order valence-corrected chi connectivity index (χ2v) is 6.26. The van der Waals surface area contributed by atoms with Crippen LogP contribution in [-0.2, 0) is 6.54 Å². The van der Waals surface area contributed by atoms with Gasteiger partial charge in [-0.05, 0) is 37.1 Å². The van der Waals surface area contributed by atoms with Crippen molar-refractivity contribution >= 4 is 31.9 Å². The van der Waals surface area contributed by atoms with Crippen LogP contribution in [0.15, 0.2) is 22.7 Å². The molecule has 1 aliphatic heterocycles. The molecule has 0 saturated carbocycles. The Bertz CT molecular complexity index is 397. The van der Waals surface area contributed by atoms with Gasteiger partial charge in [0.15, 0.2) is 0 Å². The highest BCUT2D eigenvalue weighted by Crippen LogP contribution is 2.28. The lowest BCUT2D eigenvalue weighted by molar-refractivity contribution is 0.241. The third-order valence-electron chi connectivity index (χ3n) is 3.54. The Balaban J connectivity index is 2.12. The van der Waals surface area contributed by atoms with E-state index in [4.69, 9.17) is 0 Å². The van der Waals surface area contributed by atoms with Gasteiger partial charge in [-0.3, -0.25) is 4.90 Å². The molecule has 1 aromatic carbocycles. The Hall–Kier alpha value is 0.0700. The first-order chi connectivity index (χ1) is 8.11. The maximum Gasteiger partial charge on any atom is 0.127 e. The molecule has 1 saturated heterocycles. The van der Waals surface area contributed by atoms with Crippen LogP contribution in [0.1, 0.15) is 18.9 Å². The lowest BCUT2D eigenvalue weighted by Crippen LogP contribution is -2.33. The summed E-state index contributed by atoms with van der Waals surface area (Å²) >= 11 is 6.95. The summed E-state index contributed by atoms with van der Waals surface area (Å²) in [5.74, 6) is 0.575. The maximum atomic E-state index is 13.7. The number of benzene rings is 1. The van der Waals surface area contributed by atoms with E-state index in [-0.39, 0.29) is 5.82 Å². The number of hydrogen-bond donors (Lipinski definition) is 0. The van der Waals surface area contributed by atoms with Crippen LogP contribution in [0.5, 0.6) is 0 Å². The molecule has 1 aromatic rings. The van der Waals surface area contributed by atoms with Gasteiger partial charge in [-0.2, -0.15) is 0 Å². The van der Waals surface area contributed by atoms with Gasteiger partial charge in [0, 0.05) is 28.0 Å². The highest BCUT2D eigenvalue weighted by Gasteiger charge is 2.30. The van der Waals surface area contributed by atoms with Gasteiger partial charge < -0.3 is 0 Å². The first kappa shape index (κ1) is 13.5. The van der Waals surface area contributed by atoms with E-state index in [1.165, 1.54) is 12.5 Å². The lowest BCUT2D eigenvalue weighted by Gasteiger charge is -2.25. The molecule has 2 unspecified atom stereocenters. The number of rotatable bonds is 3. The minimum atomic E-state index is -0.110. The van der Waals surface area contributed by atoms with Crippen molar-refractivity contribution in [1.29, 1.82) is 0 Å². The van der Waals surface area contributed by atoms with Gasteiger partial charge in [0.25, 0.3) is 0 Å². The van der Waals surface area contributed by atoms with Crippen molar-refractivity contribution in [2.75, 3.05) is 11.9 Å². The number of hydrogen-bond acceptors (Lipinski definition) is 1. The molecular formula is C13H16Br2FN. The van der Waals surface area contributed by atoms with Crippen molar-refractivity contribution in [2.24, 2.45) is 5.92 Å². The van der Waals surface area contributed by atoms with Crippen LogP contribution in [-0.4, -0.2) is 22.8 Å². The van der Waals surface area contributed by atoms with E-state index in [1.54, 1.807) is 6.07 Å². The Morgan fingerprint density at radius 1 is 1.47 bits per heavy atom. The molecule has 1 heterocycles. The molecule has 4 heteroatoms. The van der Waals surface area contributed by atoms with Crippen molar-refractivity contribution in [3.05, 3.63) is 34.1 Å². The van der Waals surface area contributed by atoms with Crippen molar-refractivity contribution in [2.45, 2.75) is 25.9 Å². The number of nitrogens with zero attached hydrogens (tertiary/aromatic N) is 1. The summed E-state index contributed by atoms with van der Waals surface area (Å²) in [4.78, 5) is 2.37. The summed E-state index contributed by atoms with van der Waals surface area (Å²) in [6, 6.07) is 5.67. The van der Waals surface area contributed by atoms with Gasteiger partial charge in [0.05, 0.1) is 0 Å². The molecule has 1 fully saturated rings. The Labute approximate surface area is 119 Å². The fourth-order valence-corrected chi connectivity index (χ4v) is 3.87. The SMILES string of the molecule is CC1CCN(Cc2cc(Br)ccc2F)C1CBr. The molecule has 0 spiro atoms.